The number of amides is 6. The largest absolute Gasteiger partial charge is 0.354 e. The lowest BCUT2D eigenvalue weighted by molar-refractivity contribution is -0.125. The van der Waals surface area contributed by atoms with Gasteiger partial charge in [0.1, 0.15) is 0 Å². The molecule has 1 atom stereocenters. The lowest BCUT2D eigenvalue weighted by atomic mass is 10.1. The van der Waals surface area contributed by atoms with Gasteiger partial charge in [0, 0.05) is 70.6 Å². The van der Waals surface area contributed by atoms with Crippen LogP contribution in [-0.4, -0.2) is 144 Å². The van der Waals surface area contributed by atoms with Gasteiger partial charge in [-0.1, -0.05) is 0 Å². The highest BCUT2D eigenvalue weighted by Crippen LogP contribution is 2.31. The van der Waals surface area contributed by atoms with Crippen molar-refractivity contribution in [3.63, 3.8) is 0 Å². The molecule has 4 aliphatic carbocycles. The van der Waals surface area contributed by atoms with Crippen molar-refractivity contribution in [1.29, 1.82) is 0 Å². The van der Waals surface area contributed by atoms with Gasteiger partial charge in [0.15, 0.2) is 16.9 Å². The molecule has 388 valence electrons. The molecule has 0 aromatic carbocycles. The molecule has 6 aromatic heterocycles. The molecule has 3 aliphatic heterocycles. The minimum absolute atomic E-state index is 0.0288. The van der Waals surface area contributed by atoms with Crippen LogP contribution in [0.5, 0.6) is 0 Å². The molecule has 3 saturated heterocycles. The fourth-order valence-electron chi connectivity index (χ4n) is 7.82. The maximum Gasteiger partial charge on any atom is 0.254 e. The molecule has 7 fully saturated rings. The molecule has 6 amide bonds. The molecule has 1 unspecified atom stereocenters. The highest BCUT2D eigenvalue weighted by atomic mass is 32.2. The first-order chi connectivity index (χ1) is 36.0. The van der Waals surface area contributed by atoms with Gasteiger partial charge >= 0.3 is 0 Å². The van der Waals surface area contributed by atoms with Gasteiger partial charge in [-0.2, -0.15) is 58.7 Å². The molecule has 30 heteroatoms. The topological polar surface area (TPSA) is 367 Å². The van der Waals surface area contributed by atoms with Crippen LogP contribution in [0.3, 0.4) is 0 Å². The third-order valence-corrected chi connectivity index (χ3v) is 13.9. The van der Waals surface area contributed by atoms with E-state index in [1.54, 1.807) is 29.1 Å². The number of hydrogen-bond acceptors (Lipinski definition) is 22. The van der Waals surface area contributed by atoms with Crippen molar-refractivity contribution < 1.29 is 41.4 Å². The second kappa shape index (κ2) is 19.5. The van der Waals surface area contributed by atoms with Gasteiger partial charge in [0.05, 0.1) is 48.7 Å². The van der Waals surface area contributed by atoms with Gasteiger partial charge in [-0.05, 0) is 75.5 Å². The number of carbonyl (C=O) groups is 6. The summed E-state index contributed by atoms with van der Waals surface area (Å²) in [5.74, 6) is 0.429. The van der Waals surface area contributed by atoms with Gasteiger partial charge in [-0.3, -0.25) is 48.9 Å². The maximum absolute atomic E-state index is 11.9. The third kappa shape index (κ3) is 11.2. The summed E-state index contributed by atoms with van der Waals surface area (Å²) in [6.45, 7) is 0.862. The SMILES string of the molecule is CS(=O)(=O)c1nc(NC2CC2)n2ncc(/C=C3\CC(=O)NC3=O)c2n1.CS(=O)c1nc(NC2CC2)n2ncc(/C=C3\CC(=O)NC3=O)c2n1.O=C1C/C(=C\c2cnn3c(NC4CC4)nc(NCC4CC4)nc23)C(=O)N1. The standard InChI is InChI=1S/C17H19N7O2.C14H14N6O4S.C14H14N6O3S/c25-13-6-10(15(26)21-13)5-11-8-19-24-14(11)22-16(18-7-9-1-2-9)23-17(24)20-12-3-4-12;1-25(23,24)14-18-11-8(4-7-5-10(21)17-12(7)22)6-15-20(11)13(19-14)16-9-2-3-9;1-24(23)14-18-11-8(4-7-5-10(21)17-12(7)22)6-15-20(11)13(19-14)16-9-2-3-9/h5,8-9,12H,1-4,6-7H2,(H,21,25,26)(H2,18,20,22,23);4,6,9H,2-3,5H2,1H3,(H,16,18,19)(H,17,21,22);4,6,9H,2-3,5H2,1H3,(H,16,18,19)(H,17,21,22)/b10-5+;2*7-4+. The number of aromatic nitrogens is 12. The number of nitrogens with one attached hydrogen (secondary N) is 7. The Morgan fingerprint density at radius 2 is 0.973 bits per heavy atom. The number of sulfone groups is 1. The number of fused-ring (bicyclic) bond motifs is 3. The number of hydrogen-bond donors (Lipinski definition) is 7. The zero-order valence-corrected chi connectivity index (χ0v) is 41.7. The second-order valence-corrected chi connectivity index (χ2v) is 22.2. The molecular formula is C45H47N19O9S2. The van der Waals surface area contributed by atoms with E-state index in [0.717, 1.165) is 51.3 Å². The summed E-state index contributed by atoms with van der Waals surface area (Å²) in [4.78, 5) is 95.2. The van der Waals surface area contributed by atoms with Gasteiger partial charge in [-0.15, -0.1) is 0 Å². The fraction of sp³-hybridized carbons (Fsp3) is 0.400. The molecular weight excluding hydrogens is 1010 g/mol. The smallest absolute Gasteiger partial charge is 0.254 e. The van der Waals surface area contributed by atoms with E-state index in [1.165, 1.54) is 40.4 Å². The highest BCUT2D eigenvalue weighted by molar-refractivity contribution is 7.90. The number of rotatable bonds is 14. The van der Waals surface area contributed by atoms with E-state index >= 15 is 0 Å². The lowest BCUT2D eigenvalue weighted by Crippen LogP contribution is -2.19. The molecule has 7 aliphatic rings. The van der Waals surface area contributed by atoms with Crippen LogP contribution < -0.4 is 37.2 Å². The van der Waals surface area contributed by atoms with E-state index in [4.69, 9.17) is 0 Å². The van der Waals surface area contributed by atoms with Crippen LogP contribution in [0.1, 0.15) is 87.3 Å². The van der Waals surface area contributed by atoms with Crippen LogP contribution in [0.2, 0.25) is 0 Å². The average molecular weight is 1060 g/mol. The minimum Gasteiger partial charge on any atom is -0.354 e. The number of imide groups is 3. The van der Waals surface area contributed by atoms with Crippen LogP contribution in [0.4, 0.5) is 23.8 Å². The highest BCUT2D eigenvalue weighted by Gasteiger charge is 2.31. The van der Waals surface area contributed by atoms with Crippen LogP contribution in [0.25, 0.3) is 35.2 Å². The molecule has 28 nitrogen and oxygen atoms in total. The zero-order valence-electron chi connectivity index (χ0n) is 40.1. The van der Waals surface area contributed by atoms with E-state index in [1.807, 2.05) is 0 Å². The van der Waals surface area contributed by atoms with Crippen molar-refractivity contribution in [2.24, 2.45) is 5.92 Å². The molecule has 75 heavy (non-hydrogen) atoms. The Labute approximate surface area is 426 Å². The van der Waals surface area contributed by atoms with Crippen LogP contribution >= 0.6 is 0 Å². The maximum atomic E-state index is 11.9. The van der Waals surface area contributed by atoms with Crippen molar-refractivity contribution in [3.8, 4) is 0 Å². The summed E-state index contributed by atoms with van der Waals surface area (Å²) in [6.07, 6.45) is 20.8. The van der Waals surface area contributed by atoms with Gasteiger partial charge in [0.2, 0.25) is 56.5 Å². The Bertz CT molecular complexity index is 3680. The fourth-order valence-corrected chi connectivity index (χ4v) is 8.75. The zero-order chi connectivity index (χ0) is 52.3. The van der Waals surface area contributed by atoms with Crippen molar-refractivity contribution in [2.75, 3.05) is 40.3 Å². The van der Waals surface area contributed by atoms with Gasteiger partial charge in [-0.25, -0.2) is 8.42 Å². The molecule has 7 N–H and O–H groups in total. The average Bonchev–Trinajstić information content (AvgIpc) is 4.31. The Morgan fingerprint density at radius 3 is 1.35 bits per heavy atom. The van der Waals surface area contributed by atoms with Gasteiger partial charge in [0.25, 0.3) is 22.9 Å². The predicted octanol–water partition coefficient (Wildman–Crippen LogP) is 0.348. The molecule has 0 spiro atoms. The molecule has 0 bridgehead atoms. The van der Waals surface area contributed by atoms with Crippen molar-refractivity contribution in [1.82, 2.24) is 74.7 Å². The monoisotopic (exact) mass is 1060 g/mol. The minimum atomic E-state index is -3.63. The van der Waals surface area contributed by atoms with Crippen LogP contribution in [0, 0.1) is 5.92 Å². The normalized spacial score (nSPS) is 20.6. The summed E-state index contributed by atoms with van der Waals surface area (Å²) in [7, 11) is -4.99. The summed E-state index contributed by atoms with van der Waals surface area (Å²) >= 11 is 0. The van der Waals surface area contributed by atoms with Gasteiger partial charge < -0.3 is 21.3 Å². The second-order valence-electron chi connectivity index (χ2n) is 19.0. The van der Waals surface area contributed by atoms with E-state index in [2.05, 4.69) is 82.4 Å². The molecule has 6 aromatic rings. The van der Waals surface area contributed by atoms with E-state index in [-0.39, 0.29) is 76.4 Å². The quantitative estimate of drug-likeness (QED) is 0.0571. The summed E-state index contributed by atoms with van der Waals surface area (Å²) in [5.41, 5.74) is 4.06. The van der Waals surface area contributed by atoms with Crippen molar-refractivity contribution in [2.45, 2.75) is 99.1 Å². The van der Waals surface area contributed by atoms with Crippen LogP contribution in [-0.2, 0) is 49.4 Å². The Kier molecular flexibility index (Phi) is 12.7. The number of nitrogens with zero attached hydrogens (tertiary/aromatic N) is 12. The molecule has 0 radical (unpaired) electrons. The first-order valence-electron chi connectivity index (χ1n) is 24.0. The Balaban J connectivity index is 0.000000121. The first kappa shape index (κ1) is 48.8. The van der Waals surface area contributed by atoms with Crippen molar-refractivity contribution in [3.05, 3.63) is 52.0 Å². The Hall–Kier alpha value is -8.41. The molecule has 13 rings (SSSR count). The molecule has 4 saturated carbocycles. The van der Waals surface area contributed by atoms with Crippen molar-refractivity contribution >= 4 is 115 Å². The Morgan fingerprint density at radius 1 is 0.573 bits per heavy atom. The summed E-state index contributed by atoms with van der Waals surface area (Å²) in [5, 5.41) is 32.4. The summed E-state index contributed by atoms with van der Waals surface area (Å²) < 4.78 is 40.2. The summed E-state index contributed by atoms with van der Waals surface area (Å²) in [6, 6.07) is 0.994. The number of carbonyl (C=O) groups excluding carboxylic acids is 6. The first-order valence-corrected chi connectivity index (χ1v) is 27.4. The lowest BCUT2D eigenvalue weighted by Gasteiger charge is -2.10. The molecule has 9 heterocycles. The predicted molar refractivity (Wildman–Crippen MR) is 266 cm³/mol. The number of anilines is 4. The van der Waals surface area contributed by atoms with Crippen LogP contribution in [0.15, 0.2) is 45.6 Å². The van der Waals surface area contributed by atoms with E-state index in [0.29, 0.717) is 75.0 Å². The van der Waals surface area contributed by atoms with E-state index in [9.17, 15) is 41.4 Å². The third-order valence-electron chi connectivity index (χ3n) is 12.4. The van der Waals surface area contributed by atoms with E-state index < -0.39 is 32.5 Å².